The quantitative estimate of drug-likeness (QED) is 0.780. The van der Waals surface area contributed by atoms with Gasteiger partial charge in [-0.25, -0.2) is 13.1 Å². The van der Waals surface area contributed by atoms with Crippen LogP contribution in [0, 0.1) is 0 Å². The minimum absolute atomic E-state index is 0.0645. The van der Waals surface area contributed by atoms with Gasteiger partial charge >= 0.3 is 0 Å². The van der Waals surface area contributed by atoms with E-state index in [0.717, 1.165) is 30.8 Å². The maximum absolute atomic E-state index is 12.7. The largest absolute Gasteiger partial charge is 0.468 e. The van der Waals surface area contributed by atoms with Crippen molar-refractivity contribution in [3.05, 3.63) is 47.9 Å². The maximum Gasteiger partial charge on any atom is 0.255 e. The van der Waals surface area contributed by atoms with Crippen LogP contribution in [0.5, 0.6) is 0 Å². The molecule has 0 bridgehead atoms. The van der Waals surface area contributed by atoms with E-state index in [1.54, 1.807) is 23.1 Å². The summed E-state index contributed by atoms with van der Waals surface area (Å²) in [7, 11) is -3.73. The Morgan fingerprint density at radius 3 is 2.68 bits per heavy atom. The molecule has 3 rings (SSSR count). The fourth-order valence-corrected chi connectivity index (χ4v) is 4.36. The van der Waals surface area contributed by atoms with Gasteiger partial charge in [0.25, 0.3) is 5.91 Å². The smallest absolute Gasteiger partial charge is 0.255 e. The van der Waals surface area contributed by atoms with E-state index in [2.05, 4.69) is 4.72 Å². The molecular formula is C17H20N2O4S2. The number of benzene rings is 1. The number of hydrogen-bond donors (Lipinski definition) is 1. The van der Waals surface area contributed by atoms with E-state index >= 15 is 0 Å². The lowest BCUT2D eigenvalue weighted by Crippen LogP contribution is -2.29. The van der Waals surface area contributed by atoms with Crippen molar-refractivity contribution in [1.29, 1.82) is 0 Å². The zero-order valence-corrected chi connectivity index (χ0v) is 15.5. The molecule has 1 aliphatic heterocycles. The number of furan rings is 1. The van der Waals surface area contributed by atoms with Crippen LogP contribution in [0.2, 0.25) is 0 Å². The number of hydrogen-bond acceptors (Lipinski definition) is 5. The predicted octanol–water partition coefficient (Wildman–Crippen LogP) is 2.72. The molecule has 8 heteroatoms. The molecule has 0 aliphatic carbocycles. The summed E-state index contributed by atoms with van der Waals surface area (Å²) in [6.45, 7) is 1.51. The maximum atomic E-state index is 12.7. The third-order valence-corrected chi connectivity index (χ3v) is 6.32. The van der Waals surface area contributed by atoms with Crippen LogP contribution >= 0.6 is 11.8 Å². The number of rotatable bonds is 6. The third kappa shape index (κ3) is 4.08. The Morgan fingerprint density at radius 2 is 2.04 bits per heavy atom. The topological polar surface area (TPSA) is 79.6 Å². The highest BCUT2D eigenvalue weighted by Crippen LogP contribution is 2.26. The van der Waals surface area contributed by atoms with E-state index in [4.69, 9.17) is 4.42 Å². The van der Waals surface area contributed by atoms with E-state index in [0.29, 0.717) is 11.3 Å². The molecule has 1 aromatic carbocycles. The van der Waals surface area contributed by atoms with Crippen LogP contribution in [-0.2, 0) is 16.6 Å². The molecule has 0 atom stereocenters. The van der Waals surface area contributed by atoms with Gasteiger partial charge in [0.2, 0.25) is 10.0 Å². The minimum atomic E-state index is -3.73. The van der Waals surface area contributed by atoms with Gasteiger partial charge in [0, 0.05) is 18.0 Å². The zero-order valence-electron chi connectivity index (χ0n) is 13.9. The monoisotopic (exact) mass is 380 g/mol. The van der Waals surface area contributed by atoms with E-state index in [1.165, 1.54) is 30.2 Å². The Kier molecular flexibility index (Phi) is 5.51. The Hall–Kier alpha value is -1.77. The molecule has 134 valence electrons. The summed E-state index contributed by atoms with van der Waals surface area (Å²) in [4.78, 5) is 15.4. The lowest BCUT2D eigenvalue weighted by molar-refractivity contribution is 0.0789. The number of sulfonamides is 1. The van der Waals surface area contributed by atoms with Gasteiger partial charge in [0.15, 0.2) is 0 Å². The molecule has 2 aromatic rings. The first kappa shape index (κ1) is 18.0. The molecule has 0 radical (unpaired) electrons. The first-order chi connectivity index (χ1) is 12.0. The number of nitrogens with zero attached hydrogens (tertiary/aromatic N) is 1. The lowest BCUT2D eigenvalue weighted by Gasteiger charge is -2.18. The Balaban J connectivity index is 1.86. The molecule has 1 fully saturated rings. The van der Waals surface area contributed by atoms with Gasteiger partial charge in [-0.15, -0.1) is 11.8 Å². The van der Waals surface area contributed by atoms with Crippen molar-refractivity contribution < 1.29 is 17.6 Å². The van der Waals surface area contributed by atoms with Crippen LogP contribution in [0.15, 0.2) is 50.8 Å². The number of carbonyl (C=O) groups excluding carboxylic acids is 1. The summed E-state index contributed by atoms with van der Waals surface area (Å²) in [5.74, 6) is 0.419. The Morgan fingerprint density at radius 1 is 1.28 bits per heavy atom. The van der Waals surface area contributed by atoms with Gasteiger partial charge in [0.1, 0.15) is 5.76 Å². The SMILES string of the molecule is CSc1ccc(S(=O)(=O)NCc2ccco2)cc1C(=O)N1CCCC1. The van der Waals surface area contributed by atoms with Gasteiger partial charge in [-0.1, -0.05) is 0 Å². The van der Waals surface area contributed by atoms with Crippen LogP contribution in [0.25, 0.3) is 0 Å². The first-order valence-electron chi connectivity index (χ1n) is 8.00. The summed E-state index contributed by atoms with van der Waals surface area (Å²) in [6, 6.07) is 8.08. The van der Waals surface area contributed by atoms with Gasteiger partial charge in [-0.3, -0.25) is 4.79 Å². The van der Waals surface area contributed by atoms with Gasteiger partial charge in [0.05, 0.1) is 23.3 Å². The van der Waals surface area contributed by atoms with Crippen molar-refractivity contribution >= 4 is 27.7 Å². The van der Waals surface area contributed by atoms with Crippen molar-refractivity contribution in [1.82, 2.24) is 9.62 Å². The highest BCUT2D eigenvalue weighted by Gasteiger charge is 2.24. The molecule has 0 spiro atoms. The van der Waals surface area contributed by atoms with Crippen LogP contribution in [0.4, 0.5) is 0 Å². The third-order valence-electron chi connectivity index (χ3n) is 4.12. The highest BCUT2D eigenvalue weighted by atomic mass is 32.2. The molecule has 6 nitrogen and oxygen atoms in total. The van der Waals surface area contributed by atoms with Gasteiger partial charge in [-0.2, -0.15) is 0 Å². The Bertz CT molecular complexity index is 842. The van der Waals surface area contributed by atoms with Crippen LogP contribution in [-0.4, -0.2) is 38.6 Å². The number of likely N-dealkylation sites (tertiary alicyclic amines) is 1. The average molecular weight is 380 g/mol. The number of amides is 1. The summed E-state index contributed by atoms with van der Waals surface area (Å²) in [5, 5.41) is 0. The number of carbonyl (C=O) groups is 1. The summed E-state index contributed by atoms with van der Waals surface area (Å²) >= 11 is 1.44. The number of thioether (sulfide) groups is 1. The molecule has 0 unspecified atom stereocenters. The normalized spacial score (nSPS) is 14.8. The molecule has 1 saturated heterocycles. The minimum Gasteiger partial charge on any atom is -0.468 e. The molecule has 2 heterocycles. The summed E-state index contributed by atoms with van der Waals surface area (Å²) in [6.07, 6.45) is 5.34. The molecular weight excluding hydrogens is 360 g/mol. The van der Waals surface area contributed by atoms with Crippen molar-refractivity contribution in [3.63, 3.8) is 0 Å². The van der Waals surface area contributed by atoms with Gasteiger partial charge in [-0.05, 0) is 49.4 Å². The summed E-state index contributed by atoms with van der Waals surface area (Å²) < 4.78 is 32.7. The first-order valence-corrected chi connectivity index (χ1v) is 10.7. The van der Waals surface area contributed by atoms with E-state index < -0.39 is 10.0 Å². The molecule has 1 amide bonds. The van der Waals surface area contributed by atoms with E-state index in [1.807, 2.05) is 6.26 Å². The predicted molar refractivity (Wildman–Crippen MR) is 96.1 cm³/mol. The fraction of sp³-hybridized carbons (Fsp3) is 0.353. The van der Waals surface area contributed by atoms with Crippen molar-refractivity contribution in [2.24, 2.45) is 0 Å². The standard InChI is InChI=1S/C17H20N2O4S2/c1-24-16-7-6-14(11-15(16)17(20)19-8-2-3-9-19)25(21,22)18-12-13-5-4-10-23-13/h4-7,10-11,18H,2-3,8-9,12H2,1H3. The second-order valence-electron chi connectivity index (χ2n) is 5.77. The molecule has 1 N–H and O–H groups in total. The summed E-state index contributed by atoms with van der Waals surface area (Å²) in [5.41, 5.74) is 0.440. The van der Waals surface area contributed by atoms with Gasteiger partial charge < -0.3 is 9.32 Å². The second kappa shape index (κ2) is 7.63. The fourth-order valence-electron chi connectivity index (χ4n) is 2.77. The lowest BCUT2D eigenvalue weighted by atomic mass is 10.2. The van der Waals surface area contributed by atoms with Crippen molar-refractivity contribution in [3.8, 4) is 0 Å². The second-order valence-corrected chi connectivity index (χ2v) is 8.38. The highest BCUT2D eigenvalue weighted by molar-refractivity contribution is 7.98. The van der Waals surface area contributed by atoms with Crippen LogP contribution < -0.4 is 4.72 Å². The number of nitrogens with one attached hydrogen (secondary N) is 1. The van der Waals surface area contributed by atoms with Crippen molar-refractivity contribution in [2.75, 3.05) is 19.3 Å². The van der Waals surface area contributed by atoms with Crippen molar-refractivity contribution in [2.45, 2.75) is 29.2 Å². The molecule has 25 heavy (non-hydrogen) atoms. The molecule has 1 aliphatic rings. The van der Waals surface area contributed by atoms with E-state index in [-0.39, 0.29) is 17.3 Å². The zero-order chi connectivity index (χ0) is 17.9. The molecule has 1 aromatic heterocycles. The van der Waals surface area contributed by atoms with E-state index in [9.17, 15) is 13.2 Å². The Labute approximate surface area is 151 Å². The van der Waals surface area contributed by atoms with Crippen LogP contribution in [0.1, 0.15) is 29.0 Å². The van der Waals surface area contributed by atoms with Crippen LogP contribution in [0.3, 0.4) is 0 Å². The average Bonchev–Trinajstić information content (AvgIpc) is 3.32. The molecule has 0 saturated carbocycles.